The minimum absolute atomic E-state index is 0. The summed E-state index contributed by atoms with van der Waals surface area (Å²) < 4.78 is 0. The van der Waals surface area contributed by atoms with Crippen LogP contribution in [0, 0.1) is 0 Å². The van der Waals surface area contributed by atoms with E-state index in [4.69, 9.17) is 34.4 Å². The fraction of sp³-hybridized carbons (Fsp3) is 0.100. The van der Waals surface area contributed by atoms with Crippen LogP contribution in [0.1, 0.15) is 45.2 Å². The Kier molecular flexibility index (Phi) is 3.42. The first-order chi connectivity index (χ1) is 12.4. The lowest BCUT2D eigenvalue weighted by Gasteiger charge is -2.43. The molecular formula is C20H21ClN6. The summed E-state index contributed by atoms with van der Waals surface area (Å²) in [4.78, 5) is 0. The molecule has 0 saturated carbocycles. The van der Waals surface area contributed by atoms with Crippen LogP contribution in [0.3, 0.4) is 0 Å². The van der Waals surface area contributed by atoms with E-state index in [9.17, 15) is 0 Å². The number of rotatable bonds is 0. The van der Waals surface area contributed by atoms with Crippen molar-refractivity contribution in [3.05, 3.63) is 69.8 Å². The van der Waals surface area contributed by atoms with Gasteiger partial charge >= 0.3 is 0 Å². The number of hydrogen-bond donors (Lipinski definition) is 6. The zero-order valence-corrected chi connectivity index (χ0v) is 15.3. The molecular weight excluding hydrogens is 360 g/mol. The van der Waals surface area contributed by atoms with Gasteiger partial charge in [-0.05, 0) is 69.8 Å². The first-order valence-electron chi connectivity index (χ1n) is 8.43. The van der Waals surface area contributed by atoms with Gasteiger partial charge in [-0.3, -0.25) is 0 Å². The van der Waals surface area contributed by atoms with E-state index in [2.05, 4.69) is 0 Å². The van der Waals surface area contributed by atoms with Crippen LogP contribution >= 0.6 is 12.4 Å². The van der Waals surface area contributed by atoms with Crippen molar-refractivity contribution < 1.29 is 0 Å². The zero-order valence-electron chi connectivity index (χ0n) is 14.5. The average Bonchev–Trinajstić information content (AvgIpc) is 2.58. The van der Waals surface area contributed by atoms with E-state index < -0.39 is 0 Å². The quantitative estimate of drug-likeness (QED) is 0.227. The fourth-order valence-electron chi connectivity index (χ4n) is 4.51. The van der Waals surface area contributed by atoms with E-state index in [1.165, 1.54) is 0 Å². The first kappa shape index (κ1) is 17.2. The molecule has 0 fully saturated rings. The summed E-state index contributed by atoms with van der Waals surface area (Å²) in [6, 6.07) is 11.8. The van der Waals surface area contributed by atoms with E-state index in [0.29, 0.717) is 34.1 Å². The SMILES string of the molecule is Cl.Nc1cc2c(cc1N)C1c3cc(N)c(N)cc3C2c2cc(N)c(N)cc21. The molecule has 3 aromatic carbocycles. The number of benzene rings is 3. The molecule has 6 nitrogen and oxygen atoms in total. The van der Waals surface area contributed by atoms with Crippen molar-refractivity contribution in [1.29, 1.82) is 0 Å². The van der Waals surface area contributed by atoms with Gasteiger partial charge in [0, 0.05) is 11.8 Å². The van der Waals surface area contributed by atoms with Gasteiger partial charge in [0.2, 0.25) is 0 Å². The molecule has 3 aliphatic rings. The van der Waals surface area contributed by atoms with Crippen LogP contribution in [-0.2, 0) is 0 Å². The Morgan fingerprint density at radius 3 is 0.667 bits per heavy atom. The van der Waals surface area contributed by atoms with Gasteiger partial charge < -0.3 is 34.4 Å². The lowest BCUT2D eigenvalue weighted by atomic mass is 9.60. The molecule has 6 rings (SSSR count). The Hall–Kier alpha value is -3.25. The molecule has 0 spiro atoms. The van der Waals surface area contributed by atoms with Crippen molar-refractivity contribution in [3.8, 4) is 0 Å². The Morgan fingerprint density at radius 1 is 0.370 bits per heavy atom. The highest BCUT2D eigenvalue weighted by molar-refractivity contribution is 5.85. The standard InChI is InChI=1S/C20H20N6.ClH/c21-13-1-7-8(2-14(13)22)20-11-5-17(25)15(23)3-9(11)19(7)10-4-16(24)18(26)6-12(10)20;/h1-6,19-20H,21-26H2;1H. The second-order valence-corrected chi connectivity index (χ2v) is 7.20. The summed E-state index contributed by atoms with van der Waals surface area (Å²) in [5, 5.41) is 0. The van der Waals surface area contributed by atoms with Crippen molar-refractivity contribution in [2.45, 2.75) is 11.8 Å². The Labute approximate surface area is 162 Å². The molecule has 2 bridgehead atoms. The van der Waals surface area contributed by atoms with Crippen molar-refractivity contribution >= 4 is 46.5 Å². The normalized spacial score (nSPS) is 18.2. The molecule has 0 amide bonds. The fourth-order valence-corrected chi connectivity index (χ4v) is 4.51. The summed E-state index contributed by atoms with van der Waals surface area (Å²) in [5.41, 5.74) is 46.9. The summed E-state index contributed by atoms with van der Waals surface area (Å²) >= 11 is 0. The minimum Gasteiger partial charge on any atom is -0.397 e. The van der Waals surface area contributed by atoms with Gasteiger partial charge in [-0.1, -0.05) is 0 Å². The van der Waals surface area contributed by atoms with Crippen LogP contribution in [0.4, 0.5) is 34.1 Å². The molecule has 0 saturated heterocycles. The van der Waals surface area contributed by atoms with E-state index in [1.807, 2.05) is 36.4 Å². The van der Waals surface area contributed by atoms with Gasteiger partial charge in [0.15, 0.2) is 0 Å². The van der Waals surface area contributed by atoms with Crippen LogP contribution in [0.15, 0.2) is 36.4 Å². The average molecular weight is 381 g/mol. The van der Waals surface area contributed by atoms with E-state index in [-0.39, 0.29) is 24.2 Å². The summed E-state index contributed by atoms with van der Waals surface area (Å²) in [7, 11) is 0. The van der Waals surface area contributed by atoms with Crippen molar-refractivity contribution in [3.63, 3.8) is 0 Å². The largest absolute Gasteiger partial charge is 0.397 e. The molecule has 0 atom stereocenters. The Morgan fingerprint density at radius 2 is 0.519 bits per heavy atom. The highest BCUT2D eigenvalue weighted by atomic mass is 35.5. The second-order valence-electron chi connectivity index (χ2n) is 7.20. The molecule has 0 aliphatic heterocycles. The third-order valence-electron chi connectivity index (χ3n) is 5.73. The van der Waals surface area contributed by atoms with Gasteiger partial charge in [-0.15, -0.1) is 12.4 Å². The number of anilines is 6. The van der Waals surface area contributed by atoms with Gasteiger partial charge in [0.25, 0.3) is 0 Å². The Balaban J connectivity index is 0.00000180. The van der Waals surface area contributed by atoms with E-state index in [1.54, 1.807) is 0 Å². The monoisotopic (exact) mass is 380 g/mol. The molecule has 138 valence electrons. The first-order valence-corrected chi connectivity index (χ1v) is 8.43. The molecule has 0 radical (unpaired) electrons. The molecule has 27 heavy (non-hydrogen) atoms. The van der Waals surface area contributed by atoms with Gasteiger partial charge in [-0.25, -0.2) is 0 Å². The second kappa shape index (κ2) is 5.37. The summed E-state index contributed by atoms with van der Waals surface area (Å²) in [6.07, 6.45) is 0. The summed E-state index contributed by atoms with van der Waals surface area (Å²) in [6.45, 7) is 0. The molecule has 7 heteroatoms. The number of nitrogens with two attached hydrogens (primary N) is 6. The summed E-state index contributed by atoms with van der Waals surface area (Å²) in [5.74, 6) is -0.0394. The van der Waals surface area contributed by atoms with Crippen LogP contribution in [0.5, 0.6) is 0 Å². The highest BCUT2D eigenvalue weighted by Crippen LogP contribution is 2.58. The van der Waals surface area contributed by atoms with Crippen molar-refractivity contribution in [2.75, 3.05) is 34.4 Å². The van der Waals surface area contributed by atoms with Crippen LogP contribution in [-0.4, -0.2) is 0 Å². The van der Waals surface area contributed by atoms with E-state index in [0.717, 1.165) is 33.4 Å². The predicted molar refractivity (Wildman–Crippen MR) is 115 cm³/mol. The molecule has 0 unspecified atom stereocenters. The highest BCUT2D eigenvalue weighted by Gasteiger charge is 2.42. The van der Waals surface area contributed by atoms with Gasteiger partial charge in [-0.2, -0.15) is 0 Å². The zero-order chi connectivity index (χ0) is 18.3. The van der Waals surface area contributed by atoms with Gasteiger partial charge in [0.05, 0.1) is 34.1 Å². The molecule has 0 heterocycles. The lowest BCUT2D eigenvalue weighted by molar-refractivity contribution is 0.757. The molecule has 12 N–H and O–H groups in total. The van der Waals surface area contributed by atoms with Gasteiger partial charge in [0.1, 0.15) is 0 Å². The maximum atomic E-state index is 6.11. The number of nitrogen functional groups attached to an aromatic ring is 6. The third kappa shape index (κ3) is 2.07. The Bertz CT molecular complexity index is 896. The lowest BCUT2D eigenvalue weighted by Crippen LogP contribution is -2.28. The van der Waals surface area contributed by atoms with Crippen LogP contribution in [0.25, 0.3) is 0 Å². The maximum absolute atomic E-state index is 6.11. The molecule has 0 aromatic heterocycles. The number of hydrogen-bond acceptors (Lipinski definition) is 6. The van der Waals surface area contributed by atoms with Crippen LogP contribution < -0.4 is 34.4 Å². The minimum atomic E-state index is -0.0197. The maximum Gasteiger partial charge on any atom is 0.0551 e. The topological polar surface area (TPSA) is 156 Å². The molecule has 3 aliphatic carbocycles. The van der Waals surface area contributed by atoms with Crippen LogP contribution in [0.2, 0.25) is 0 Å². The van der Waals surface area contributed by atoms with E-state index >= 15 is 0 Å². The molecule has 3 aromatic rings. The number of halogens is 1. The smallest absolute Gasteiger partial charge is 0.0551 e. The predicted octanol–water partition coefficient (Wildman–Crippen LogP) is 2.59. The van der Waals surface area contributed by atoms with Crippen molar-refractivity contribution in [1.82, 2.24) is 0 Å². The third-order valence-corrected chi connectivity index (χ3v) is 5.73. The van der Waals surface area contributed by atoms with Crippen molar-refractivity contribution in [2.24, 2.45) is 0 Å².